The molecular weight excluding hydrogens is 292 g/mol. The van der Waals surface area contributed by atoms with E-state index in [1.807, 2.05) is 0 Å². The van der Waals surface area contributed by atoms with Crippen molar-refractivity contribution in [1.29, 1.82) is 0 Å². The number of carboxylic acid groups (broad SMARTS) is 1. The van der Waals surface area contributed by atoms with Gasteiger partial charge in [-0.3, -0.25) is 9.78 Å². The molecule has 1 aromatic heterocycles. The third-order valence-electron chi connectivity index (χ3n) is 2.76. The van der Waals surface area contributed by atoms with Gasteiger partial charge in [-0.2, -0.15) is 0 Å². The Bertz CT molecular complexity index is 712. The van der Waals surface area contributed by atoms with Crippen molar-refractivity contribution in [3.8, 4) is 0 Å². The molecule has 0 bridgehead atoms. The van der Waals surface area contributed by atoms with Gasteiger partial charge in [0.1, 0.15) is 0 Å². The number of hydrogen-bond donors (Lipinski definition) is 2. The van der Waals surface area contributed by atoms with E-state index in [1.54, 1.807) is 24.4 Å². The summed E-state index contributed by atoms with van der Waals surface area (Å²) in [6, 6.07) is 11.0. The molecule has 0 unspecified atom stereocenters. The Hall–Kier alpha value is -2.25. The third-order valence-corrected chi connectivity index (χ3v) is 4.18. The van der Waals surface area contributed by atoms with Crippen molar-refractivity contribution in [2.24, 2.45) is 0 Å². The molecular formula is C14H14N2O4S. The molecule has 0 atom stereocenters. The maximum atomic E-state index is 12.1. The molecule has 2 aromatic rings. The van der Waals surface area contributed by atoms with Crippen molar-refractivity contribution in [3.63, 3.8) is 0 Å². The van der Waals surface area contributed by atoms with Gasteiger partial charge in [0.15, 0.2) is 0 Å². The summed E-state index contributed by atoms with van der Waals surface area (Å²) >= 11 is 0. The highest BCUT2D eigenvalue weighted by Gasteiger charge is 2.14. The van der Waals surface area contributed by atoms with E-state index in [-0.39, 0.29) is 17.9 Å². The van der Waals surface area contributed by atoms with Crippen LogP contribution >= 0.6 is 0 Å². The highest BCUT2D eigenvalue weighted by Crippen LogP contribution is 2.11. The molecule has 0 aliphatic heterocycles. The van der Waals surface area contributed by atoms with Crippen LogP contribution in [0.25, 0.3) is 0 Å². The van der Waals surface area contributed by atoms with Crippen LogP contribution in [-0.4, -0.2) is 24.5 Å². The van der Waals surface area contributed by atoms with E-state index in [2.05, 4.69) is 9.71 Å². The molecule has 1 heterocycles. The Balaban J connectivity index is 2.07. The second-order valence-electron chi connectivity index (χ2n) is 4.36. The fourth-order valence-electron chi connectivity index (χ4n) is 1.72. The van der Waals surface area contributed by atoms with Gasteiger partial charge in [-0.25, -0.2) is 13.1 Å². The van der Waals surface area contributed by atoms with Gasteiger partial charge in [0.2, 0.25) is 10.0 Å². The number of nitrogens with zero attached hydrogens (tertiary/aromatic N) is 1. The molecule has 0 aliphatic carbocycles. The number of aliphatic carboxylic acids is 1. The Morgan fingerprint density at radius 2 is 1.86 bits per heavy atom. The summed E-state index contributed by atoms with van der Waals surface area (Å²) in [4.78, 5) is 14.7. The van der Waals surface area contributed by atoms with E-state index < -0.39 is 16.0 Å². The van der Waals surface area contributed by atoms with Gasteiger partial charge in [0.05, 0.1) is 23.6 Å². The molecule has 110 valence electrons. The molecule has 0 aliphatic rings. The number of hydrogen-bond acceptors (Lipinski definition) is 4. The minimum absolute atomic E-state index is 0.0903. The van der Waals surface area contributed by atoms with Gasteiger partial charge < -0.3 is 5.11 Å². The van der Waals surface area contributed by atoms with Crippen LogP contribution in [0.4, 0.5) is 0 Å². The molecule has 0 fully saturated rings. The lowest BCUT2D eigenvalue weighted by atomic mass is 10.2. The summed E-state index contributed by atoms with van der Waals surface area (Å²) < 4.78 is 26.6. The van der Waals surface area contributed by atoms with Crippen molar-refractivity contribution in [1.82, 2.24) is 9.71 Å². The van der Waals surface area contributed by atoms with E-state index in [0.29, 0.717) is 11.3 Å². The molecule has 2 rings (SSSR count). The lowest BCUT2D eigenvalue weighted by molar-refractivity contribution is -0.136. The van der Waals surface area contributed by atoms with Crippen LogP contribution in [0.1, 0.15) is 11.3 Å². The van der Waals surface area contributed by atoms with E-state index >= 15 is 0 Å². The Labute approximate surface area is 122 Å². The van der Waals surface area contributed by atoms with Crippen molar-refractivity contribution >= 4 is 16.0 Å². The zero-order chi connectivity index (χ0) is 15.3. The predicted octanol–water partition coefficient (Wildman–Crippen LogP) is 1.19. The number of sulfonamides is 1. The lowest BCUT2D eigenvalue weighted by Crippen LogP contribution is -2.23. The number of carboxylic acids is 1. The van der Waals surface area contributed by atoms with E-state index in [0.717, 1.165) is 0 Å². The molecule has 0 saturated heterocycles. The molecule has 2 N–H and O–H groups in total. The number of benzene rings is 1. The number of aromatic nitrogens is 1. The van der Waals surface area contributed by atoms with Gasteiger partial charge in [0, 0.05) is 6.20 Å². The smallest absolute Gasteiger partial charge is 0.307 e. The minimum Gasteiger partial charge on any atom is -0.481 e. The number of nitrogens with one attached hydrogen (secondary N) is 1. The zero-order valence-electron chi connectivity index (χ0n) is 11.1. The Morgan fingerprint density at radius 1 is 1.14 bits per heavy atom. The maximum absolute atomic E-state index is 12.1. The van der Waals surface area contributed by atoms with Crippen LogP contribution in [0.5, 0.6) is 0 Å². The first-order valence-corrected chi connectivity index (χ1v) is 7.66. The van der Waals surface area contributed by atoms with Crippen molar-refractivity contribution in [2.45, 2.75) is 17.9 Å². The summed E-state index contributed by atoms with van der Waals surface area (Å²) in [7, 11) is -3.64. The fraction of sp³-hybridized carbons (Fsp3) is 0.143. The Kier molecular flexibility index (Phi) is 4.66. The molecule has 21 heavy (non-hydrogen) atoms. The fourth-order valence-corrected chi connectivity index (χ4v) is 2.72. The van der Waals surface area contributed by atoms with Crippen LogP contribution in [0, 0.1) is 0 Å². The maximum Gasteiger partial charge on any atom is 0.307 e. The molecule has 6 nitrogen and oxygen atoms in total. The average Bonchev–Trinajstić information content (AvgIpc) is 2.46. The summed E-state index contributed by atoms with van der Waals surface area (Å²) in [6.45, 7) is 0.0973. The van der Waals surface area contributed by atoms with E-state index in [1.165, 1.54) is 24.3 Å². The highest BCUT2D eigenvalue weighted by molar-refractivity contribution is 7.89. The molecule has 7 heteroatoms. The second kappa shape index (κ2) is 6.47. The number of carbonyl (C=O) groups is 1. The first kappa shape index (κ1) is 15.1. The van der Waals surface area contributed by atoms with Gasteiger partial charge in [-0.1, -0.05) is 18.2 Å². The highest BCUT2D eigenvalue weighted by atomic mass is 32.2. The van der Waals surface area contributed by atoms with E-state index in [9.17, 15) is 13.2 Å². The van der Waals surface area contributed by atoms with Gasteiger partial charge in [-0.05, 0) is 29.8 Å². The number of rotatable bonds is 6. The minimum atomic E-state index is -3.64. The lowest BCUT2D eigenvalue weighted by Gasteiger charge is -2.07. The molecule has 0 spiro atoms. The summed E-state index contributed by atoms with van der Waals surface area (Å²) in [5, 5.41) is 8.67. The monoisotopic (exact) mass is 306 g/mol. The molecule has 0 saturated carbocycles. The van der Waals surface area contributed by atoms with Gasteiger partial charge in [0.25, 0.3) is 0 Å². The normalized spacial score (nSPS) is 11.2. The molecule has 0 radical (unpaired) electrons. The first-order chi connectivity index (χ1) is 9.97. The van der Waals surface area contributed by atoms with Gasteiger partial charge >= 0.3 is 5.97 Å². The predicted molar refractivity (Wildman–Crippen MR) is 76.0 cm³/mol. The summed E-state index contributed by atoms with van der Waals surface area (Å²) in [6.07, 6.45) is 1.45. The SMILES string of the molecule is O=C(O)Cc1ccc(S(=O)(=O)NCc2ccccn2)cc1. The van der Waals surface area contributed by atoms with Crippen molar-refractivity contribution in [3.05, 3.63) is 59.9 Å². The quantitative estimate of drug-likeness (QED) is 0.835. The molecule has 0 amide bonds. The van der Waals surface area contributed by atoms with Crippen LogP contribution in [-0.2, 0) is 27.8 Å². The largest absolute Gasteiger partial charge is 0.481 e. The second-order valence-corrected chi connectivity index (χ2v) is 6.13. The summed E-state index contributed by atoms with van der Waals surface area (Å²) in [5.74, 6) is -0.959. The summed E-state index contributed by atoms with van der Waals surface area (Å²) in [5.41, 5.74) is 1.16. The first-order valence-electron chi connectivity index (χ1n) is 6.18. The third kappa shape index (κ3) is 4.37. The molecule has 1 aromatic carbocycles. The van der Waals surface area contributed by atoms with Crippen LogP contribution < -0.4 is 4.72 Å². The van der Waals surface area contributed by atoms with Crippen LogP contribution in [0.15, 0.2) is 53.6 Å². The van der Waals surface area contributed by atoms with Crippen LogP contribution in [0.2, 0.25) is 0 Å². The average molecular weight is 306 g/mol. The zero-order valence-corrected chi connectivity index (χ0v) is 11.9. The van der Waals surface area contributed by atoms with Crippen LogP contribution in [0.3, 0.4) is 0 Å². The number of pyridine rings is 1. The standard InChI is InChI=1S/C14H14N2O4S/c17-14(18)9-11-4-6-13(7-5-11)21(19,20)16-10-12-3-1-2-8-15-12/h1-8,16H,9-10H2,(H,17,18). The van der Waals surface area contributed by atoms with Crippen molar-refractivity contribution < 1.29 is 18.3 Å². The van der Waals surface area contributed by atoms with Gasteiger partial charge in [-0.15, -0.1) is 0 Å². The Morgan fingerprint density at radius 3 is 2.43 bits per heavy atom. The topological polar surface area (TPSA) is 96.4 Å². The van der Waals surface area contributed by atoms with Crippen molar-refractivity contribution in [2.75, 3.05) is 0 Å². The van der Waals surface area contributed by atoms with E-state index in [4.69, 9.17) is 5.11 Å².